The van der Waals surface area contributed by atoms with Gasteiger partial charge in [0.2, 0.25) is 0 Å². The molecule has 0 atom stereocenters. The van der Waals surface area contributed by atoms with Gasteiger partial charge >= 0.3 is 0 Å². The Labute approximate surface area is 131 Å². The van der Waals surface area contributed by atoms with Crippen LogP contribution in [0.15, 0.2) is 41.4 Å². The average molecular weight is 333 g/mol. The summed E-state index contributed by atoms with van der Waals surface area (Å²) in [5.41, 5.74) is 1.73. The maximum atomic E-state index is 6.06. The standard InChI is InChI=1S/C14H9Cl4N/c15-11-3-1-9(13(17)5-11)7-19-8-10-2-4-12(16)6-14(10)18/h1-7H,8H2. The highest BCUT2D eigenvalue weighted by molar-refractivity contribution is 6.36. The van der Waals surface area contributed by atoms with E-state index in [0.717, 1.165) is 11.1 Å². The molecular weight excluding hydrogens is 324 g/mol. The van der Waals surface area contributed by atoms with E-state index in [4.69, 9.17) is 46.4 Å². The van der Waals surface area contributed by atoms with Gasteiger partial charge in [0.15, 0.2) is 0 Å². The molecule has 0 unspecified atom stereocenters. The average Bonchev–Trinajstić information content (AvgIpc) is 2.34. The van der Waals surface area contributed by atoms with Gasteiger partial charge in [-0.25, -0.2) is 0 Å². The molecule has 0 aliphatic rings. The molecule has 0 radical (unpaired) electrons. The van der Waals surface area contributed by atoms with Crippen molar-refractivity contribution in [3.63, 3.8) is 0 Å². The van der Waals surface area contributed by atoms with E-state index in [1.54, 1.807) is 30.5 Å². The van der Waals surface area contributed by atoms with Gasteiger partial charge in [0.05, 0.1) is 11.6 Å². The zero-order valence-corrected chi connectivity index (χ0v) is 12.7. The summed E-state index contributed by atoms with van der Waals surface area (Å²) in [6.45, 7) is 0.467. The van der Waals surface area contributed by atoms with Crippen LogP contribution in [0.1, 0.15) is 11.1 Å². The molecule has 19 heavy (non-hydrogen) atoms. The lowest BCUT2D eigenvalue weighted by atomic mass is 10.2. The lowest BCUT2D eigenvalue weighted by molar-refractivity contribution is 1.08. The molecule has 0 aliphatic heterocycles. The summed E-state index contributed by atoms with van der Waals surface area (Å²) < 4.78 is 0. The third-order valence-corrected chi connectivity index (χ3v) is 3.62. The molecule has 2 aromatic rings. The molecule has 0 spiro atoms. The van der Waals surface area contributed by atoms with E-state index in [-0.39, 0.29) is 0 Å². The predicted molar refractivity (Wildman–Crippen MR) is 84.2 cm³/mol. The van der Waals surface area contributed by atoms with Crippen LogP contribution in [0.3, 0.4) is 0 Å². The van der Waals surface area contributed by atoms with Crippen molar-refractivity contribution in [1.29, 1.82) is 0 Å². The van der Waals surface area contributed by atoms with E-state index < -0.39 is 0 Å². The Balaban J connectivity index is 2.11. The van der Waals surface area contributed by atoms with E-state index in [1.807, 2.05) is 12.1 Å². The van der Waals surface area contributed by atoms with Gasteiger partial charge < -0.3 is 0 Å². The number of rotatable bonds is 3. The fraction of sp³-hybridized carbons (Fsp3) is 0.0714. The first-order valence-corrected chi connectivity index (χ1v) is 6.96. The van der Waals surface area contributed by atoms with Crippen LogP contribution in [-0.4, -0.2) is 6.21 Å². The number of hydrogen-bond acceptors (Lipinski definition) is 1. The second-order valence-corrected chi connectivity index (χ2v) is 5.56. The first kappa shape index (κ1) is 14.7. The smallest absolute Gasteiger partial charge is 0.0654 e. The van der Waals surface area contributed by atoms with Crippen molar-refractivity contribution in [3.8, 4) is 0 Å². The maximum absolute atomic E-state index is 6.06. The zero-order valence-electron chi connectivity index (χ0n) is 9.71. The van der Waals surface area contributed by atoms with Crippen molar-refractivity contribution >= 4 is 52.6 Å². The van der Waals surface area contributed by atoms with E-state index >= 15 is 0 Å². The number of nitrogens with zero attached hydrogens (tertiary/aromatic N) is 1. The van der Waals surface area contributed by atoms with E-state index in [2.05, 4.69) is 4.99 Å². The molecule has 2 aromatic carbocycles. The van der Waals surface area contributed by atoms with Crippen LogP contribution in [0.25, 0.3) is 0 Å². The highest BCUT2D eigenvalue weighted by Gasteiger charge is 2.01. The summed E-state index contributed by atoms with van der Waals surface area (Å²) >= 11 is 23.8. The van der Waals surface area contributed by atoms with Crippen molar-refractivity contribution < 1.29 is 0 Å². The van der Waals surface area contributed by atoms with E-state index in [1.165, 1.54) is 0 Å². The quantitative estimate of drug-likeness (QED) is 0.618. The molecule has 0 aromatic heterocycles. The van der Waals surface area contributed by atoms with Gasteiger partial charge in [0.25, 0.3) is 0 Å². The summed E-state index contributed by atoms with van der Waals surface area (Å²) in [4.78, 5) is 4.31. The zero-order chi connectivity index (χ0) is 13.8. The minimum absolute atomic E-state index is 0.467. The summed E-state index contributed by atoms with van der Waals surface area (Å²) in [6, 6.07) is 10.6. The van der Waals surface area contributed by atoms with E-state index in [0.29, 0.717) is 26.6 Å². The largest absolute Gasteiger partial charge is 0.288 e. The molecule has 0 bridgehead atoms. The highest BCUT2D eigenvalue weighted by atomic mass is 35.5. The van der Waals surface area contributed by atoms with Gasteiger partial charge in [-0.3, -0.25) is 4.99 Å². The van der Waals surface area contributed by atoms with Gasteiger partial charge in [0, 0.05) is 26.8 Å². The Hall–Kier alpha value is -0.730. The number of halogens is 4. The van der Waals surface area contributed by atoms with Crippen LogP contribution in [0.2, 0.25) is 20.1 Å². The van der Waals surface area contributed by atoms with Crippen molar-refractivity contribution in [2.75, 3.05) is 0 Å². The second kappa shape index (κ2) is 6.62. The summed E-state index contributed by atoms with van der Waals surface area (Å²) in [5.74, 6) is 0. The van der Waals surface area contributed by atoms with Crippen LogP contribution in [0.5, 0.6) is 0 Å². The van der Waals surface area contributed by atoms with Crippen molar-refractivity contribution in [2.45, 2.75) is 6.54 Å². The molecule has 0 aliphatic carbocycles. The van der Waals surface area contributed by atoms with Crippen LogP contribution >= 0.6 is 46.4 Å². The van der Waals surface area contributed by atoms with Crippen LogP contribution < -0.4 is 0 Å². The molecule has 1 nitrogen and oxygen atoms in total. The van der Waals surface area contributed by atoms with Gasteiger partial charge in [-0.2, -0.15) is 0 Å². The molecule has 98 valence electrons. The Morgan fingerprint density at radius 2 is 1.47 bits per heavy atom. The second-order valence-electron chi connectivity index (χ2n) is 3.87. The maximum Gasteiger partial charge on any atom is 0.0654 e. The fourth-order valence-electron chi connectivity index (χ4n) is 1.50. The molecule has 0 saturated carbocycles. The third-order valence-electron chi connectivity index (χ3n) is 2.47. The highest BCUT2D eigenvalue weighted by Crippen LogP contribution is 2.22. The molecule has 2 rings (SSSR count). The molecule has 0 fully saturated rings. The molecule has 0 saturated heterocycles. The molecule has 5 heteroatoms. The Kier molecular flexibility index (Phi) is 5.12. The first-order valence-electron chi connectivity index (χ1n) is 5.45. The van der Waals surface area contributed by atoms with Crippen molar-refractivity contribution in [3.05, 3.63) is 67.6 Å². The normalized spacial score (nSPS) is 11.2. The van der Waals surface area contributed by atoms with Crippen molar-refractivity contribution in [1.82, 2.24) is 0 Å². The topological polar surface area (TPSA) is 12.4 Å². The fourth-order valence-corrected chi connectivity index (χ4v) is 2.42. The molecule has 0 N–H and O–H groups in total. The van der Waals surface area contributed by atoms with Gasteiger partial charge in [-0.1, -0.05) is 58.5 Å². The monoisotopic (exact) mass is 331 g/mol. The summed E-state index contributed by atoms with van der Waals surface area (Å²) in [7, 11) is 0. The van der Waals surface area contributed by atoms with Gasteiger partial charge in [0.1, 0.15) is 0 Å². The van der Waals surface area contributed by atoms with Crippen LogP contribution in [-0.2, 0) is 6.54 Å². The lowest BCUT2D eigenvalue weighted by Crippen LogP contribution is -1.87. The predicted octanol–water partition coefficient (Wildman–Crippen LogP) is 5.92. The minimum atomic E-state index is 0.467. The Morgan fingerprint density at radius 3 is 2.11 bits per heavy atom. The Morgan fingerprint density at radius 1 is 0.842 bits per heavy atom. The molecule has 0 heterocycles. The summed E-state index contributed by atoms with van der Waals surface area (Å²) in [6.07, 6.45) is 1.70. The van der Waals surface area contributed by atoms with Crippen molar-refractivity contribution in [2.24, 2.45) is 4.99 Å². The first-order chi connectivity index (χ1) is 9.06. The van der Waals surface area contributed by atoms with Gasteiger partial charge in [-0.15, -0.1) is 0 Å². The van der Waals surface area contributed by atoms with Crippen LogP contribution in [0.4, 0.5) is 0 Å². The Bertz CT molecular complexity index is 623. The molecular formula is C14H9Cl4N. The summed E-state index contributed by atoms with van der Waals surface area (Å²) in [5, 5.41) is 2.38. The third kappa shape index (κ3) is 4.12. The number of hydrogen-bond donors (Lipinski definition) is 0. The van der Waals surface area contributed by atoms with Gasteiger partial charge in [-0.05, 0) is 29.8 Å². The van der Waals surface area contributed by atoms with E-state index in [9.17, 15) is 0 Å². The lowest BCUT2D eigenvalue weighted by Gasteiger charge is -2.01. The van der Waals surface area contributed by atoms with Crippen LogP contribution in [0, 0.1) is 0 Å². The number of aliphatic imine (C=N–C) groups is 1. The molecule has 0 amide bonds. The number of benzene rings is 2. The minimum Gasteiger partial charge on any atom is -0.288 e. The SMILES string of the molecule is Clc1ccc(C=NCc2ccc(Cl)cc2Cl)c(Cl)c1.